The normalized spacial score (nSPS) is 19.2. The number of anilines is 1. The van der Waals surface area contributed by atoms with Crippen molar-refractivity contribution in [3.05, 3.63) is 70.0 Å². The Morgan fingerprint density at radius 3 is 2.68 bits per heavy atom. The van der Waals surface area contributed by atoms with Crippen molar-refractivity contribution in [3.63, 3.8) is 0 Å². The van der Waals surface area contributed by atoms with E-state index < -0.39 is 0 Å². The van der Waals surface area contributed by atoms with Crippen LogP contribution in [-0.4, -0.2) is 21.9 Å². The molecule has 4 rings (SSSR count). The Bertz CT molecular complexity index is 894. The van der Waals surface area contributed by atoms with Crippen LogP contribution in [0, 0.1) is 0 Å². The minimum atomic E-state index is 0.0218. The van der Waals surface area contributed by atoms with Gasteiger partial charge in [-0.15, -0.1) is 0 Å². The van der Waals surface area contributed by atoms with Gasteiger partial charge < -0.3 is 10.1 Å². The van der Waals surface area contributed by atoms with Crippen molar-refractivity contribution in [2.75, 3.05) is 12.4 Å². The summed E-state index contributed by atoms with van der Waals surface area (Å²) < 4.78 is 7.16. The molecule has 2 heterocycles. The molecule has 0 unspecified atom stereocenters. The van der Waals surface area contributed by atoms with Crippen molar-refractivity contribution in [1.29, 1.82) is 0 Å². The predicted octanol–water partition coefficient (Wildman–Crippen LogP) is 4.74. The number of aromatic nitrogens is 3. The van der Waals surface area contributed by atoms with Crippen molar-refractivity contribution in [3.8, 4) is 5.75 Å². The number of ether oxygens (including phenoxy) is 1. The molecule has 2 aromatic carbocycles. The number of benzene rings is 2. The molecule has 0 fully saturated rings. The fourth-order valence-corrected chi connectivity index (χ4v) is 3.75. The molecule has 1 aliphatic rings. The molecule has 1 N–H and O–H groups in total. The second-order valence-corrected chi connectivity index (χ2v) is 6.76. The van der Waals surface area contributed by atoms with E-state index in [1.807, 2.05) is 28.9 Å². The molecule has 0 aliphatic carbocycles. The van der Waals surface area contributed by atoms with Crippen LogP contribution in [-0.2, 0) is 0 Å². The molecule has 0 amide bonds. The lowest BCUT2D eigenvalue weighted by Gasteiger charge is -2.32. The summed E-state index contributed by atoms with van der Waals surface area (Å²) in [7, 11) is 1.66. The Hall–Kier alpha value is -2.24. The zero-order chi connectivity index (χ0) is 17.4. The molecule has 3 aromatic rings. The van der Waals surface area contributed by atoms with E-state index >= 15 is 0 Å². The van der Waals surface area contributed by atoms with E-state index in [1.54, 1.807) is 19.5 Å². The number of hydrogen-bond donors (Lipinski definition) is 1. The van der Waals surface area contributed by atoms with Crippen LogP contribution in [0.2, 0.25) is 10.0 Å². The van der Waals surface area contributed by atoms with Gasteiger partial charge in [0.1, 0.15) is 12.1 Å². The maximum absolute atomic E-state index is 6.41. The second kappa shape index (κ2) is 6.58. The third-order valence-electron chi connectivity index (χ3n) is 4.47. The molecule has 0 saturated heterocycles. The number of nitrogens with zero attached hydrogens (tertiary/aromatic N) is 3. The van der Waals surface area contributed by atoms with Crippen molar-refractivity contribution in [2.24, 2.45) is 0 Å². The SMILES string of the molecule is COc1ccc([C@@H]2C[C@H](c3ccc(Cl)cc3Cl)Nc3ncnn32)cc1. The summed E-state index contributed by atoms with van der Waals surface area (Å²) in [6.45, 7) is 0. The molecule has 1 aromatic heterocycles. The summed E-state index contributed by atoms with van der Waals surface area (Å²) in [5.41, 5.74) is 2.14. The highest BCUT2D eigenvalue weighted by Gasteiger charge is 2.30. The van der Waals surface area contributed by atoms with E-state index in [2.05, 4.69) is 27.5 Å². The topological polar surface area (TPSA) is 52.0 Å². The van der Waals surface area contributed by atoms with E-state index in [4.69, 9.17) is 27.9 Å². The molecule has 2 atom stereocenters. The molecular formula is C18H16Cl2N4O. The fraction of sp³-hybridized carbons (Fsp3) is 0.222. The van der Waals surface area contributed by atoms with Crippen LogP contribution in [0.1, 0.15) is 29.6 Å². The van der Waals surface area contributed by atoms with Gasteiger partial charge in [-0.25, -0.2) is 4.68 Å². The number of methoxy groups -OCH3 is 1. The molecule has 7 heteroatoms. The maximum atomic E-state index is 6.41. The van der Waals surface area contributed by atoms with Gasteiger partial charge in [0.2, 0.25) is 5.95 Å². The first-order chi connectivity index (χ1) is 12.2. The first-order valence-electron chi connectivity index (χ1n) is 7.90. The van der Waals surface area contributed by atoms with Gasteiger partial charge in [-0.3, -0.25) is 0 Å². The van der Waals surface area contributed by atoms with Crippen molar-refractivity contribution in [1.82, 2.24) is 14.8 Å². The summed E-state index contributed by atoms with van der Waals surface area (Å²) in [6.07, 6.45) is 2.36. The monoisotopic (exact) mass is 374 g/mol. The lowest BCUT2D eigenvalue weighted by atomic mass is 9.93. The Balaban J connectivity index is 1.72. The molecule has 0 radical (unpaired) electrons. The zero-order valence-corrected chi connectivity index (χ0v) is 15.0. The van der Waals surface area contributed by atoms with Gasteiger partial charge in [-0.05, 0) is 41.8 Å². The number of rotatable bonds is 3. The van der Waals surface area contributed by atoms with E-state index in [1.165, 1.54) is 0 Å². The quantitative estimate of drug-likeness (QED) is 0.719. The lowest BCUT2D eigenvalue weighted by Crippen LogP contribution is -2.28. The summed E-state index contributed by atoms with van der Waals surface area (Å²) >= 11 is 12.4. The molecule has 0 spiro atoms. The molecule has 1 aliphatic heterocycles. The molecule has 5 nitrogen and oxygen atoms in total. The summed E-state index contributed by atoms with van der Waals surface area (Å²) in [5.74, 6) is 1.55. The van der Waals surface area contributed by atoms with Gasteiger partial charge in [-0.1, -0.05) is 41.4 Å². The van der Waals surface area contributed by atoms with Crippen LogP contribution in [0.5, 0.6) is 5.75 Å². The van der Waals surface area contributed by atoms with Crippen molar-refractivity contribution in [2.45, 2.75) is 18.5 Å². The smallest absolute Gasteiger partial charge is 0.222 e. The minimum absolute atomic E-state index is 0.0218. The average molecular weight is 375 g/mol. The van der Waals surface area contributed by atoms with Gasteiger partial charge in [0.05, 0.1) is 19.2 Å². The number of nitrogens with one attached hydrogen (secondary N) is 1. The van der Waals surface area contributed by atoms with Crippen LogP contribution in [0.3, 0.4) is 0 Å². The van der Waals surface area contributed by atoms with Gasteiger partial charge in [0, 0.05) is 10.0 Å². The highest BCUT2D eigenvalue weighted by Crippen LogP contribution is 2.40. The number of halogens is 2. The van der Waals surface area contributed by atoms with Crippen molar-refractivity contribution < 1.29 is 4.74 Å². The fourth-order valence-electron chi connectivity index (χ4n) is 3.21. The number of hydrogen-bond acceptors (Lipinski definition) is 4. The maximum Gasteiger partial charge on any atom is 0.222 e. The predicted molar refractivity (Wildman–Crippen MR) is 98.6 cm³/mol. The van der Waals surface area contributed by atoms with Crippen LogP contribution in [0.4, 0.5) is 5.95 Å². The highest BCUT2D eigenvalue weighted by molar-refractivity contribution is 6.35. The van der Waals surface area contributed by atoms with Crippen molar-refractivity contribution >= 4 is 29.2 Å². The van der Waals surface area contributed by atoms with Crippen LogP contribution in [0.15, 0.2) is 48.8 Å². The van der Waals surface area contributed by atoms with E-state index in [9.17, 15) is 0 Å². The summed E-state index contributed by atoms with van der Waals surface area (Å²) in [6, 6.07) is 13.7. The van der Waals surface area contributed by atoms with E-state index in [-0.39, 0.29) is 12.1 Å². The molecular weight excluding hydrogens is 359 g/mol. The Morgan fingerprint density at radius 2 is 1.96 bits per heavy atom. The highest BCUT2D eigenvalue weighted by atomic mass is 35.5. The summed E-state index contributed by atoms with van der Waals surface area (Å²) in [4.78, 5) is 4.34. The van der Waals surface area contributed by atoms with Crippen LogP contribution in [0.25, 0.3) is 0 Å². The van der Waals surface area contributed by atoms with E-state index in [0.29, 0.717) is 10.0 Å². The zero-order valence-electron chi connectivity index (χ0n) is 13.5. The van der Waals surface area contributed by atoms with Gasteiger partial charge in [0.25, 0.3) is 0 Å². The summed E-state index contributed by atoms with van der Waals surface area (Å²) in [5, 5.41) is 9.06. The Morgan fingerprint density at radius 1 is 1.16 bits per heavy atom. The Kier molecular flexibility index (Phi) is 4.27. The lowest BCUT2D eigenvalue weighted by molar-refractivity contribution is 0.411. The third-order valence-corrected chi connectivity index (χ3v) is 5.03. The Labute approximate surface area is 155 Å². The molecule has 25 heavy (non-hydrogen) atoms. The largest absolute Gasteiger partial charge is 0.497 e. The second-order valence-electron chi connectivity index (χ2n) is 5.92. The standard InChI is InChI=1S/C18H16Cl2N4O/c1-25-13-5-2-11(3-6-13)17-9-16(23-18-21-10-22-24(17)18)14-7-4-12(19)8-15(14)20/h2-8,10,16-17H,9H2,1H3,(H,21,22,23)/t16-,17+/m1/s1. The first-order valence-corrected chi connectivity index (χ1v) is 8.66. The van der Waals surface area contributed by atoms with Gasteiger partial charge >= 0.3 is 0 Å². The molecule has 0 saturated carbocycles. The minimum Gasteiger partial charge on any atom is -0.497 e. The third kappa shape index (κ3) is 3.05. The first kappa shape index (κ1) is 16.2. The van der Waals surface area contributed by atoms with Gasteiger partial charge in [0.15, 0.2) is 0 Å². The molecule has 128 valence electrons. The number of fused-ring (bicyclic) bond motifs is 1. The van der Waals surface area contributed by atoms with E-state index in [0.717, 1.165) is 29.2 Å². The van der Waals surface area contributed by atoms with Gasteiger partial charge in [-0.2, -0.15) is 10.1 Å². The molecule has 0 bridgehead atoms. The van der Waals surface area contributed by atoms with Crippen LogP contribution < -0.4 is 10.1 Å². The van der Waals surface area contributed by atoms with Crippen LogP contribution >= 0.6 is 23.2 Å². The average Bonchev–Trinajstić information content (AvgIpc) is 3.09.